The highest BCUT2D eigenvalue weighted by atomic mass is 19.1. The molecule has 3 N–H and O–H groups in total. The van der Waals surface area contributed by atoms with Crippen molar-refractivity contribution in [1.82, 2.24) is 9.88 Å². The van der Waals surface area contributed by atoms with Crippen LogP contribution in [0.4, 0.5) is 14.5 Å². The molecule has 5 aliphatic carbocycles. The van der Waals surface area contributed by atoms with Gasteiger partial charge >= 0.3 is 5.97 Å². The minimum absolute atomic E-state index is 0.0157. The van der Waals surface area contributed by atoms with Gasteiger partial charge in [0.2, 0.25) is 5.43 Å². The SMILES string of the molecule is COc1c(N2CCNC(C)C2)c(F)cc2c(=O)c(C(=O)OCCCCC(=O)[C@]3(O)[C@H](C)C[C@@H]4[C@H]5CCC6=CC(=O)C=C[C@@]6(C)[C@]5(F)[C@H](O)C[C@]43C)cn(C3CC3)c12. The third-order valence-electron chi connectivity index (χ3n) is 14.9. The van der Waals surface area contributed by atoms with Crippen molar-refractivity contribution in [3.63, 3.8) is 0 Å². The Balaban J connectivity index is 0.951. The van der Waals surface area contributed by atoms with Gasteiger partial charge in [0, 0.05) is 61.1 Å². The Morgan fingerprint density at radius 2 is 1.86 bits per heavy atom. The number of unbranched alkanes of at least 4 members (excludes halogenated alkanes) is 1. The highest BCUT2D eigenvalue weighted by molar-refractivity contribution is 6.01. The van der Waals surface area contributed by atoms with E-state index in [1.165, 1.54) is 31.5 Å². The molecule has 13 heteroatoms. The Morgan fingerprint density at radius 1 is 1.11 bits per heavy atom. The van der Waals surface area contributed by atoms with Crippen molar-refractivity contribution in [2.24, 2.45) is 28.6 Å². The quantitative estimate of drug-likeness (QED) is 0.208. The van der Waals surface area contributed by atoms with Gasteiger partial charge in [-0.1, -0.05) is 25.5 Å². The number of aliphatic hydroxyl groups is 2. The molecule has 5 fully saturated rings. The van der Waals surface area contributed by atoms with Crippen molar-refractivity contribution in [1.29, 1.82) is 0 Å². The van der Waals surface area contributed by atoms with Gasteiger partial charge in [-0.15, -0.1) is 0 Å². The number of fused-ring (bicyclic) bond motifs is 6. The predicted molar refractivity (Wildman–Crippen MR) is 210 cm³/mol. The number of allylic oxidation sites excluding steroid dienone is 4. The van der Waals surface area contributed by atoms with Gasteiger partial charge in [0.05, 0.1) is 30.7 Å². The molecular weight excluding hydrogens is 736 g/mol. The number of alkyl halides is 1. The average Bonchev–Trinajstić information content (AvgIpc) is 3.99. The van der Waals surface area contributed by atoms with E-state index in [9.17, 15) is 29.4 Å². The minimum Gasteiger partial charge on any atom is -0.492 e. The van der Waals surface area contributed by atoms with Crippen LogP contribution in [0.3, 0.4) is 0 Å². The number of methoxy groups -OCH3 is 1. The third kappa shape index (κ3) is 5.87. The second-order valence-electron chi connectivity index (χ2n) is 18.1. The first-order chi connectivity index (χ1) is 27.0. The predicted octanol–water partition coefficient (Wildman–Crippen LogP) is 5.53. The highest BCUT2D eigenvalue weighted by Gasteiger charge is 2.75. The first-order valence-corrected chi connectivity index (χ1v) is 20.7. The molecule has 0 bridgehead atoms. The molecule has 1 saturated heterocycles. The van der Waals surface area contributed by atoms with E-state index in [1.807, 2.05) is 30.2 Å². The van der Waals surface area contributed by atoms with E-state index < -0.39 is 57.3 Å². The van der Waals surface area contributed by atoms with Crippen molar-refractivity contribution < 1.29 is 42.9 Å². The number of ether oxygens (including phenoxy) is 2. The Labute approximate surface area is 331 Å². The number of piperazine rings is 1. The van der Waals surface area contributed by atoms with Gasteiger partial charge < -0.3 is 34.5 Å². The molecule has 2 heterocycles. The van der Waals surface area contributed by atoms with Gasteiger partial charge in [0.1, 0.15) is 16.9 Å². The van der Waals surface area contributed by atoms with E-state index in [0.717, 1.165) is 12.8 Å². The van der Waals surface area contributed by atoms with Crippen molar-refractivity contribution in [2.75, 3.05) is 38.3 Å². The van der Waals surface area contributed by atoms with Gasteiger partial charge in [-0.3, -0.25) is 14.4 Å². The fraction of sp³-hybridized carbons (Fsp3) is 0.636. The maximum Gasteiger partial charge on any atom is 0.343 e. The Morgan fingerprint density at radius 3 is 2.56 bits per heavy atom. The molecule has 11 nitrogen and oxygen atoms in total. The fourth-order valence-corrected chi connectivity index (χ4v) is 11.8. The van der Waals surface area contributed by atoms with Crippen LogP contribution in [-0.2, 0) is 14.3 Å². The fourth-order valence-electron chi connectivity index (χ4n) is 11.8. The van der Waals surface area contributed by atoms with Gasteiger partial charge in [-0.25, -0.2) is 13.6 Å². The number of hydrogen-bond donors (Lipinski definition) is 3. The second kappa shape index (κ2) is 14.1. The number of anilines is 1. The molecule has 1 unspecified atom stereocenters. The van der Waals surface area contributed by atoms with Crippen LogP contribution in [0.1, 0.15) is 102 Å². The number of pyridine rings is 1. The van der Waals surface area contributed by atoms with Crippen LogP contribution in [0.5, 0.6) is 5.75 Å². The molecule has 4 saturated carbocycles. The third-order valence-corrected chi connectivity index (χ3v) is 14.9. The summed E-state index contributed by atoms with van der Waals surface area (Å²) >= 11 is 0. The van der Waals surface area contributed by atoms with Gasteiger partial charge in [0.15, 0.2) is 28.8 Å². The van der Waals surface area contributed by atoms with E-state index in [2.05, 4.69) is 5.32 Å². The summed E-state index contributed by atoms with van der Waals surface area (Å²) in [5.41, 5.74) is -5.55. The number of aliphatic hydroxyl groups excluding tert-OH is 1. The van der Waals surface area contributed by atoms with E-state index in [-0.39, 0.29) is 78.6 Å². The van der Waals surface area contributed by atoms with Crippen LogP contribution < -0.4 is 20.4 Å². The lowest BCUT2D eigenvalue weighted by atomic mass is 9.44. The standard InChI is InChI=1S/C44H55F2N3O8/c1-24-18-32-31-12-9-26-19-28(50)13-14-41(26,3)43(31,46)35(52)21-42(32,4)44(24,55)34(51)8-6-7-17-57-40(54)30-23-49(27-10-11-27)36-29(38(30)53)20-33(45)37(39(36)56-5)48-16-15-47-25(2)22-48/h13-14,19-20,23-25,27,31-32,35,47,52,55H,6-12,15-18,21-22H2,1-5H3/t24-,25?,31-,32-,35-,41-,42-,43-,44-/m1/s1. The number of Topliss-reactive ketones (excluding diaryl/α,β-unsaturated/α-hetero) is 1. The Kier molecular flexibility index (Phi) is 9.87. The normalized spacial score (nSPS) is 36.0. The Hall–Kier alpha value is -3.94. The minimum atomic E-state index is -2.06. The molecule has 1 aromatic heterocycles. The first kappa shape index (κ1) is 39.9. The van der Waals surface area contributed by atoms with Crippen molar-refractivity contribution in [2.45, 2.75) is 115 Å². The topological polar surface area (TPSA) is 147 Å². The maximum atomic E-state index is 17.5. The molecule has 0 spiro atoms. The number of rotatable bonds is 10. The molecule has 308 valence electrons. The number of carbonyl (C=O) groups excluding carboxylic acids is 3. The number of nitrogens with zero attached hydrogens (tertiary/aromatic N) is 2. The van der Waals surface area contributed by atoms with Crippen LogP contribution in [0.2, 0.25) is 0 Å². The van der Waals surface area contributed by atoms with E-state index >= 15 is 8.78 Å². The Bertz CT molecular complexity index is 2150. The number of carbonyl (C=O) groups is 3. The molecule has 57 heavy (non-hydrogen) atoms. The molecular formula is C44H55F2N3O8. The summed E-state index contributed by atoms with van der Waals surface area (Å²) < 4.78 is 46.6. The number of benzene rings is 1. The van der Waals surface area contributed by atoms with E-state index in [1.54, 1.807) is 13.0 Å². The molecule has 1 aromatic carbocycles. The molecule has 8 rings (SSSR count). The summed E-state index contributed by atoms with van der Waals surface area (Å²) in [4.78, 5) is 55.4. The lowest BCUT2D eigenvalue weighted by Crippen LogP contribution is -2.69. The summed E-state index contributed by atoms with van der Waals surface area (Å²) in [6, 6.07) is 1.34. The molecule has 6 aliphatic rings. The van der Waals surface area contributed by atoms with Gasteiger partial charge in [0.25, 0.3) is 0 Å². The van der Waals surface area contributed by atoms with Crippen molar-refractivity contribution >= 4 is 34.1 Å². The number of nitrogens with one attached hydrogen (secondary N) is 1. The zero-order chi connectivity index (χ0) is 40.8. The van der Waals surface area contributed by atoms with E-state index in [0.29, 0.717) is 55.7 Å². The number of halogens is 2. The summed E-state index contributed by atoms with van der Waals surface area (Å²) in [5.74, 6) is -3.24. The molecule has 9 atom stereocenters. The number of aromatic nitrogens is 1. The lowest BCUT2D eigenvalue weighted by Gasteiger charge is -2.62. The van der Waals surface area contributed by atoms with Crippen molar-refractivity contribution in [3.05, 3.63) is 57.7 Å². The summed E-state index contributed by atoms with van der Waals surface area (Å²) in [6.45, 7) is 9.09. The van der Waals surface area contributed by atoms with Crippen LogP contribution in [-0.4, -0.2) is 89.1 Å². The van der Waals surface area contributed by atoms with Gasteiger partial charge in [-0.2, -0.15) is 0 Å². The smallest absolute Gasteiger partial charge is 0.343 e. The number of hydrogen-bond acceptors (Lipinski definition) is 10. The van der Waals surface area contributed by atoms with Gasteiger partial charge in [-0.05, 0) is 95.3 Å². The van der Waals surface area contributed by atoms with E-state index in [4.69, 9.17) is 9.47 Å². The first-order valence-electron chi connectivity index (χ1n) is 20.7. The average molecular weight is 792 g/mol. The van der Waals surface area contributed by atoms with Crippen LogP contribution in [0, 0.1) is 34.4 Å². The van der Waals surface area contributed by atoms with Crippen LogP contribution in [0.25, 0.3) is 10.9 Å². The molecule has 0 amide bonds. The molecule has 0 radical (unpaired) electrons. The molecule has 2 aromatic rings. The van der Waals surface area contributed by atoms with Crippen LogP contribution in [0.15, 0.2) is 40.9 Å². The molecule has 1 aliphatic heterocycles. The summed E-state index contributed by atoms with van der Waals surface area (Å²) in [7, 11) is 1.46. The number of esters is 1. The van der Waals surface area contributed by atoms with Crippen molar-refractivity contribution in [3.8, 4) is 5.75 Å². The summed E-state index contributed by atoms with van der Waals surface area (Å²) in [6.07, 6.45) is 7.91. The largest absolute Gasteiger partial charge is 0.492 e. The summed E-state index contributed by atoms with van der Waals surface area (Å²) in [5, 5.41) is 27.4. The highest BCUT2D eigenvalue weighted by Crippen LogP contribution is 2.70. The van der Waals surface area contributed by atoms with Crippen LogP contribution >= 0.6 is 0 Å². The zero-order valence-electron chi connectivity index (χ0n) is 33.5. The second-order valence-corrected chi connectivity index (χ2v) is 18.1. The monoisotopic (exact) mass is 791 g/mol. The zero-order valence-corrected chi connectivity index (χ0v) is 33.5. The number of ketones is 2. The lowest BCUT2D eigenvalue weighted by molar-refractivity contribution is -0.218. The maximum absolute atomic E-state index is 17.5.